The van der Waals surface area contributed by atoms with E-state index in [0.717, 1.165) is 22.3 Å². The molecular weight excluding hydrogens is 492 g/mol. The predicted molar refractivity (Wildman–Crippen MR) is 148 cm³/mol. The summed E-state index contributed by atoms with van der Waals surface area (Å²) in [6.45, 7) is 11.3. The Balaban J connectivity index is 1.61. The smallest absolute Gasteiger partial charge is 0.254 e. The number of piperazine rings is 1. The van der Waals surface area contributed by atoms with Crippen LogP contribution in [0.3, 0.4) is 0 Å². The number of anilines is 1. The van der Waals surface area contributed by atoms with Crippen LogP contribution in [0, 0.1) is 11.3 Å². The van der Waals surface area contributed by atoms with Gasteiger partial charge >= 0.3 is 0 Å². The summed E-state index contributed by atoms with van der Waals surface area (Å²) in [5.74, 6) is 1.37. The van der Waals surface area contributed by atoms with Gasteiger partial charge in [0.15, 0.2) is 5.65 Å². The van der Waals surface area contributed by atoms with Crippen molar-refractivity contribution < 1.29 is 9.53 Å². The highest BCUT2D eigenvalue weighted by molar-refractivity contribution is 6.02. The summed E-state index contributed by atoms with van der Waals surface area (Å²) >= 11 is 0. The third-order valence-corrected chi connectivity index (χ3v) is 7.21. The van der Waals surface area contributed by atoms with Crippen molar-refractivity contribution in [2.24, 2.45) is 0 Å². The molecule has 10 nitrogen and oxygen atoms in total. The van der Waals surface area contributed by atoms with Gasteiger partial charge in [0.2, 0.25) is 0 Å². The van der Waals surface area contributed by atoms with E-state index < -0.39 is 5.60 Å². The van der Waals surface area contributed by atoms with Crippen molar-refractivity contribution in [3.8, 4) is 23.0 Å². The first-order valence-electron chi connectivity index (χ1n) is 13.1. The molecule has 1 amide bonds. The summed E-state index contributed by atoms with van der Waals surface area (Å²) in [5.41, 5.74) is 2.21. The van der Waals surface area contributed by atoms with Crippen LogP contribution >= 0.6 is 0 Å². The van der Waals surface area contributed by atoms with Crippen LogP contribution in [0.5, 0.6) is 0 Å². The maximum atomic E-state index is 13.4. The van der Waals surface area contributed by atoms with Crippen LogP contribution < -0.4 is 4.90 Å². The van der Waals surface area contributed by atoms with E-state index in [0.29, 0.717) is 36.7 Å². The Morgan fingerprint density at radius 1 is 1.10 bits per heavy atom. The first kappa shape index (κ1) is 26.3. The van der Waals surface area contributed by atoms with Gasteiger partial charge in [-0.05, 0) is 64.4 Å². The maximum absolute atomic E-state index is 13.4. The molecule has 2 atom stereocenters. The molecule has 0 bridgehead atoms. The fourth-order valence-corrected chi connectivity index (χ4v) is 5.28. The van der Waals surface area contributed by atoms with Crippen LogP contribution in [0.2, 0.25) is 0 Å². The second-order valence-corrected chi connectivity index (χ2v) is 10.3. The van der Waals surface area contributed by atoms with Crippen LogP contribution in [-0.4, -0.2) is 72.7 Å². The Kier molecular flexibility index (Phi) is 7.02. The van der Waals surface area contributed by atoms with E-state index in [2.05, 4.69) is 39.8 Å². The Hall–Kier alpha value is -4.36. The monoisotopic (exact) mass is 524 g/mol. The van der Waals surface area contributed by atoms with Crippen LogP contribution in [0.25, 0.3) is 28.0 Å². The van der Waals surface area contributed by atoms with E-state index in [9.17, 15) is 10.1 Å². The fraction of sp³-hybridized carbons (Fsp3) is 0.379. The molecule has 0 aromatic carbocycles. The van der Waals surface area contributed by atoms with Gasteiger partial charge in [-0.3, -0.25) is 14.3 Å². The van der Waals surface area contributed by atoms with Gasteiger partial charge in [-0.1, -0.05) is 0 Å². The molecule has 39 heavy (non-hydrogen) atoms. The normalized spacial score (nSPS) is 17.8. The Morgan fingerprint density at radius 3 is 2.59 bits per heavy atom. The largest absolute Gasteiger partial charge is 0.366 e. The molecule has 1 aliphatic rings. The van der Waals surface area contributed by atoms with Crippen LogP contribution in [0.4, 0.5) is 5.82 Å². The molecule has 1 aliphatic heterocycles. The van der Waals surface area contributed by atoms with E-state index >= 15 is 0 Å². The van der Waals surface area contributed by atoms with Crippen LogP contribution in [-0.2, 0) is 9.53 Å². The van der Waals surface area contributed by atoms with E-state index in [1.54, 1.807) is 37.1 Å². The number of amides is 1. The van der Waals surface area contributed by atoms with Crippen molar-refractivity contribution >= 4 is 22.8 Å². The molecule has 0 aliphatic carbocycles. The van der Waals surface area contributed by atoms with Crippen LogP contribution in [0.15, 0.2) is 55.4 Å². The van der Waals surface area contributed by atoms with Crippen molar-refractivity contribution in [1.82, 2.24) is 29.4 Å². The highest BCUT2D eigenvalue weighted by Crippen LogP contribution is 2.38. The summed E-state index contributed by atoms with van der Waals surface area (Å²) in [6, 6.07) is 9.45. The highest BCUT2D eigenvalue weighted by atomic mass is 16.5. The second-order valence-electron chi connectivity index (χ2n) is 10.3. The lowest BCUT2D eigenvalue weighted by Gasteiger charge is -2.46. The number of carbonyl (C=O) groups is 1. The summed E-state index contributed by atoms with van der Waals surface area (Å²) < 4.78 is 7.66. The molecular formula is C29H32N8O2. The van der Waals surface area contributed by atoms with E-state index in [4.69, 9.17) is 9.72 Å². The SMILES string of the molecule is CCOC(C)(C)C(=O)N1C[C@H](C)N(c2ncnc3c2c(-c2ccncc2)cn3-c2cc(C#N)ccn2)C[C@H]1C. The zero-order chi connectivity index (χ0) is 27.7. The Bertz CT molecular complexity index is 1540. The zero-order valence-electron chi connectivity index (χ0n) is 22.9. The lowest BCUT2D eigenvalue weighted by molar-refractivity contribution is -0.156. The lowest BCUT2D eigenvalue weighted by Crippen LogP contribution is -2.62. The minimum atomic E-state index is -0.885. The van der Waals surface area contributed by atoms with Crippen molar-refractivity contribution in [3.05, 3.63) is 60.9 Å². The first-order valence-corrected chi connectivity index (χ1v) is 13.1. The number of pyridine rings is 2. The zero-order valence-corrected chi connectivity index (χ0v) is 22.9. The van der Waals surface area contributed by atoms with Gasteiger partial charge in [-0.25, -0.2) is 15.0 Å². The highest BCUT2D eigenvalue weighted by Gasteiger charge is 2.40. The van der Waals surface area contributed by atoms with Gasteiger partial charge in [0.1, 0.15) is 23.6 Å². The minimum Gasteiger partial charge on any atom is -0.366 e. The number of carbonyl (C=O) groups excluding carboxylic acids is 1. The summed E-state index contributed by atoms with van der Waals surface area (Å²) in [4.78, 5) is 35.7. The molecule has 10 heteroatoms. The molecule has 5 heterocycles. The third kappa shape index (κ3) is 4.81. The predicted octanol–water partition coefficient (Wildman–Crippen LogP) is 3.99. The number of ether oxygens (including phenoxy) is 1. The summed E-state index contributed by atoms with van der Waals surface area (Å²) in [5, 5.41) is 10.3. The number of fused-ring (bicyclic) bond motifs is 1. The molecule has 0 spiro atoms. The lowest BCUT2D eigenvalue weighted by atomic mass is 10.0. The number of nitrogens with zero attached hydrogens (tertiary/aromatic N) is 8. The van der Waals surface area contributed by atoms with Gasteiger partial charge in [0, 0.05) is 62.1 Å². The van der Waals surface area contributed by atoms with Gasteiger partial charge in [0.05, 0.1) is 17.0 Å². The molecule has 5 rings (SSSR count). The van der Waals surface area contributed by atoms with E-state index in [1.807, 2.05) is 48.6 Å². The molecule has 0 N–H and O–H groups in total. The van der Waals surface area contributed by atoms with Crippen molar-refractivity contribution in [3.63, 3.8) is 0 Å². The molecule has 0 saturated carbocycles. The Labute approximate surface area is 227 Å². The number of rotatable bonds is 6. The van der Waals surface area contributed by atoms with Crippen molar-refractivity contribution in [2.45, 2.75) is 52.3 Å². The molecule has 4 aromatic heterocycles. The summed E-state index contributed by atoms with van der Waals surface area (Å²) in [7, 11) is 0. The molecule has 1 fully saturated rings. The average Bonchev–Trinajstić information content (AvgIpc) is 3.34. The van der Waals surface area contributed by atoms with Crippen molar-refractivity contribution in [1.29, 1.82) is 5.26 Å². The summed E-state index contributed by atoms with van der Waals surface area (Å²) in [6.07, 6.45) is 8.68. The van der Waals surface area contributed by atoms with Gasteiger partial charge < -0.3 is 14.5 Å². The fourth-order valence-electron chi connectivity index (χ4n) is 5.28. The first-order chi connectivity index (χ1) is 18.7. The topological polar surface area (TPSA) is 113 Å². The van der Waals surface area contributed by atoms with Gasteiger partial charge in [0.25, 0.3) is 5.91 Å². The quantitative estimate of drug-likeness (QED) is 0.372. The third-order valence-electron chi connectivity index (χ3n) is 7.21. The second kappa shape index (κ2) is 10.4. The standard InChI is InChI=1S/C29H32N8O2/c1-6-39-29(4,5)28(38)36-16-19(2)35(15-20(36)3)26-25-23(22-8-10-31-11-9-22)17-37(27(25)34-18-33-26)24-13-21(14-30)7-12-32-24/h7-13,17-20H,6,15-16H2,1-5H3/t19-,20+/m0/s1. The molecule has 4 aromatic rings. The number of nitriles is 1. The average molecular weight is 525 g/mol. The molecule has 0 radical (unpaired) electrons. The van der Waals surface area contributed by atoms with E-state index in [1.165, 1.54) is 0 Å². The molecule has 200 valence electrons. The van der Waals surface area contributed by atoms with Crippen molar-refractivity contribution in [2.75, 3.05) is 24.6 Å². The number of hydrogen-bond donors (Lipinski definition) is 0. The van der Waals surface area contributed by atoms with E-state index in [-0.39, 0.29) is 18.0 Å². The van der Waals surface area contributed by atoms with Gasteiger partial charge in [-0.15, -0.1) is 0 Å². The molecule has 1 saturated heterocycles. The van der Waals surface area contributed by atoms with Gasteiger partial charge in [-0.2, -0.15) is 5.26 Å². The minimum absolute atomic E-state index is 0.00522. The number of hydrogen-bond acceptors (Lipinski definition) is 8. The molecule has 0 unspecified atom stereocenters. The maximum Gasteiger partial charge on any atom is 0.254 e. The Morgan fingerprint density at radius 2 is 1.87 bits per heavy atom. The number of aromatic nitrogens is 5. The van der Waals surface area contributed by atoms with Crippen LogP contribution in [0.1, 0.15) is 40.2 Å².